The zero-order chi connectivity index (χ0) is 24.4. The minimum atomic E-state index is -0.384. The van der Waals surface area contributed by atoms with E-state index in [4.69, 9.17) is 28.4 Å². The van der Waals surface area contributed by atoms with E-state index in [-0.39, 0.29) is 50.9 Å². The van der Waals surface area contributed by atoms with E-state index in [9.17, 15) is 9.59 Å². The first-order valence-electron chi connectivity index (χ1n) is 11.4. The predicted molar refractivity (Wildman–Crippen MR) is 125 cm³/mol. The summed E-state index contributed by atoms with van der Waals surface area (Å²) in [7, 11) is 0. The Kier molecular flexibility index (Phi) is 13.4. The molecule has 0 aromatic heterocycles. The Hall–Kier alpha value is -2.94. The summed E-state index contributed by atoms with van der Waals surface area (Å²) in [5.41, 5.74) is 0.503. The van der Waals surface area contributed by atoms with E-state index in [2.05, 4.69) is 0 Å². The summed E-state index contributed by atoms with van der Waals surface area (Å²) in [4.78, 5) is 23.7. The SMILES string of the molecule is CC(COC(=O)CCCCOCOC(C)COC(=O)c1ccccc1)OCOc1ccccc1. The number of carbonyl (C=O) groups excluding carboxylic acids is 2. The highest BCUT2D eigenvalue weighted by atomic mass is 16.7. The van der Waals surface area contributed by atoms with Gasteiger partial charge in [0, 0.05) is 13.0 Å². The van der Waals surface area contributed by atoms with Crippen molar-refractivity contribution in [2.75, 3.05) is 33.4 Å². The molecule has 0 aliphatic rings. The fourth-order valence-corrected chi connectivity index (χ4v) is 2.66. The van der Waals surface area contributed by atoms with Gasteiger partial charge in [-0.2, -0.15) is 0 Å². The Balaban J connectivity index is 1.39. The number of rotatable bonds is 17. The number of hydrogen-bond donors (Lipinski definition) is 0. The van der Waals surface area contributed by atoms with Crippen molar-refractivity contribution < 1.29 is 38.0 Å². The second kappa shape index (κ2) is 16.6. The van der Waals surface area contributed by atoms with Gasteiger partial charge in [-0.15, -0.1) is 0 Å². The van der Waals surface area contributed by atoms with E-state index in [1.165, 1.54) is 0 Å². The van der Waals surface area contributed by atoms with Crippen LogP contribution in [-0.2, 0) is 28.5 Å². The molecule has 0 amide bonds. The van der Waals surface area contributed by atoms with Crippen molar-refractivity contribution in [2.24, 2.45) is 0 Å². The molecule has 0 radical (unpaired) electrons. The maximum atomic E-state index is 11.9. The van der Waals surface area contributed by atoms with Crippen LogP contribution in [0.5, 0.6) is 5.75 Å². The Morgan fingerprint density at radius 1 is 0.765 bits per heavy atom. The average molecular weight is 475 g/mol. The van der Waals surface area contributed by atoms with Gasteiger partial charge in [0.05, 0.1) is 17.8 Å². The van der Waals surface area contributed by atoms with Crippen molar-refractivity contribution in [1.82, 2.24) is 0 Å². The molecule has 2 rings (SSSR count). The highest BCUT2D eigenvalue weighted by Gasteiger charge is 2.10. The zero-order valence-corrected chi connectivity index (χ0v) is 19.9. The summed E-state index contributed by atoms with van der Waals surface area (Å²) in [6.07, 6.45) is 1.11. The van der Waals surface area contributed by atoms with E-state index in [0.717, 1.165) is 5.75 Å². The molecule has 8 nitrogen and oxygen atoms in total. The molecule has 186 valence electrons. The molecule has 0 heterocycles. The summed E-state index contributed by atoms with van der Waals surface area (Å²) in [6, 6.07) is 18.1. The van der Waals surface area contributed by atoms with Crippen LogP contribution < -0.4 is 4.74 Å². The van der Waals surface area contributed by atoms with Crippen LogP contribution in [-0.4, -0.2) is 57.6 Å². The summed E-state index contributed by atoms with van der Waals surface area (Å²) in [5.74, 6) is 0.0649. The second-order valence-electron chi connectivity index (χ2n) is 7.66. The third kappa shape index (κ3) is 12.3. The number of esters is 2. The van der Waals surface area contributed by atoms with Crippen LogP contribution >= 0.6 is 0 Å². The van der Waals surface area contributed by atoms with Gasteiger partial charge in [0.15, 0.2) is 6.79 Å². The normalized spacial score (nSPS) is 12.5. The van der Waals surface area contributed by atoms with E-state index < -0.39 is 0 Å². The number of unbranched alkanes of at least 4 members (excludes halogenated alkanes) is 1. The highest BCUT2D eigenvalue weighted by molar-refractivity contribution is 5.89. The molecule has 0 fully saturated rings. The molecule has 8 heteroatoms. The average Bonchev–Trinajstić information content (AvgIpc) is 2.86. The number of benzene rings is 2. The first-order chi connectivity index (χ1) is 16.5. The molecule has 34 heavy (non-hydrogen) atoms. The zero-order valence-electron chi connectivity index (χ0n) is 19.9. The van der Waals surface area contributed by atoms with Crippen LogP contribution in [0.1, 0.15) is 43.5 Å². The Morgan fingerprint density at radius 3 is 2.09 bits per heavy atom. The van der Waals surface area contributed by atoms with Crippen LogP contribution in [0.15, 0.2) is 60.7 Å². The Labute approximate surface area is 201 Å². The van der Waals surface area contributed by atoms with Gasteiger partial charge in [0.25, 0.3) is 0 Å². The molecule has 2 aromatic carbocycles. The fourth-order valence-electron chi connectivity index (χ4n) is 2.66. The standard InChI is InChI=1S/C26H34O8/c1-21(33-20-34-24-13-7-4-8-14-24)17-30-25(27)15-9-10-16-29-19-32-22(2)18-31-26(28)23-11-5-3-6-12-23/h3-8,11-14,21-22H,9-10,15-20H2,1-2H3. The molecule has 0 saturated carbocycles. The summed E-state index contributed by atoms with van der Waals surface area (Å²) in [6.45, 7) is 4.58. The third-order valence-corrected chi connectivity index (χ3v) is 4.61. The third-order valence-electron chi connectivity index (χ3n) is 4.61. The van der Waals surface area contributed by atoms with Crippen molar-refractivity contribution in [2.45, 2.75) is 45.3 Å². The van der Waals surface area contributed by atoms with E-state index in [1.54, 1.807) is 31.2 Å². The fraction of sp³-hybridized carbons (Fsp3) is 0.462. The van der Waals surface area contributed by atoms with Crippen molar-refractivity contribution in [3.05, 3.63) is 66.2 Å². The van der Waals surface area contributed by atoms with Crippen LogP contribution in [0.3, 0.4) is 0 Å². The first-order valence-corrected chi connectivity index (χ1v) is 11.4. The van der Waals surface area contributed by atoms with Crippen LogP contribution in [0.4, 0.5) is 0 Å². The lowest BCUT2D eigenvalue weighted by molar-refractivity contribution is -0.149. The molecule has 0 aliphatic heterocycles. The largest absolute Gasteiger partial charge is 0.468 e. The van der Waals surface area contributed by atoms with Crippen molar-refractivity contribution in [3.63, 3.8) is 0 Å². The Bertz CT molecular complexity index is 812. The van der Waals surface area contributed by atoms with Crippen molar-refractivity contribution >= 4 is 11.9 Å². The van der Waals surface area contributed by atoms with E-state index in [1.807, 2.05) is 43.3 Å². The first kappa shape index (κ1) is 27.3. The lowest BCUT2D eigenvalue weighted by atomic mass is 10.2. The summed E-state index contributed by atoms with van der Waals surface area (Å²) < 4.78 is 32.2. The Morgan fingerprint density at radius 2 is 1.38 bits per heavy atom. The van der Waals surface area contributed by atoms with Gasteiger partial charge in [-0.1, -0.05) is 36.4 Å². The maximum Gasteiger partial charge on any atom is 0.338 e. The topological polar surface area (TPSA) is 89.5 Å². The van der Waals surface area contributed by atoms with Crippen LogP contribution in [0.2, 0.25) is 0 Å². The van der Waals surface area contributed by atoms with Crippen molar-refractivity contribution in [3.8, 4) is 5.75 Å². The van der Waals surface area contributed by atoms with Gasteiger partial charge in [-0.25, -0.2) is 4.79 Å². The van der Waals surface area contributed by atoms with Gasteiger partial charge in [0.1, 0.15) is 25.8 Å². The van der Waals surface area contributed by atoms with Gasteiger partial charge >= 0.3 is 11.9 Å². The molecule has 2 atom stereocenters. The van der Waals surface area contributed by atoms with Crippen LogP contribution in [0, 0.1) is 0 Å². The van der Waals surface area contributed by atoms with Gasteiger partial charge < -0.3 is 28.4 Å². The number of hydrogen-bond acceptors (Lipinski definition) is 8. The lowest BCUT2D eigenvalue weighted by Crippen LogP contribution is -2.21. The van der Waals surface area contributed by atoms with Gasteiger partial charge in [0.2, 0.25) is 0 Å². The molecular formula is C26H34O8. The monoisotopic (exact) mass is 474 g/mol. The van der Waals surface area contributed by atoms with Crippen molar-refractivity contribution in [1.29, 1.82) is 0 Å². The summed E-state index contributed by atoms with van der Waals surface area (Å²) >= 11 is 0. The number of ether oxygens (including phenoxy) is 6. The molecule has 2 aromatic rings. The van der Waals surface area contributed by atoms with E-state index in [0.29, 0.717) is 31.4 Å². The smallest absolute Gasteiger partial charge is 0.338 e. The van der Waals surface area contributed by atoms with Gasteiger partial charge in [-0.3, -0.25) is 4.79 Å². The molecule has 2 unspecified atom stereocenters. The number of para-hydroxylation sites is 1. The highest BCUT2D eigenvalue weighted by Crippen LogP contribution is 2.09. The molecular weight excluding hydrogens is 440 g/mol. The molecule has 0 spiro atoms. The molecule has 0 N–H and O–H groups in total. The quantitative estimate of drug-likeness (QED) is 0.190. The van der Waals surface area contributed by atoms with Crippen LogP contribution in [0.25, 0.3) is 0 Å². The molecule has 0 saturated heterocycles. The molecule has 0 aliphatic carbocycles. The summed E-state index contributed by atoms with van der Waals surface area (Å²) in [5, 5.41) is 0. The van der Waals surface area contributed by atoms with E-state index >= 15 is 0 Å². The molecule has 0 bridgehead atoms. The number of carbonyl (C=O) groups is 2. The minimum absolute atomic E-state index is 0.0917. The maximum absolute atomic E-state index is 11.9. The minimum Gasteiger partial charge on any atom is -0.468 e. The van der Waals surface area contributed by atoms with Gasteiger partial charge in [-0.05, 0) is 51.0 Å². The predicted octanol–water partition coefficient (Wildman–Crippen LogP) is 4.38. The second-order valence-corrected chi connectivity index (χ2v) is 7.66. The lowest BCUT2D eigenvalue weighted by Gasteiger charge is -2.14.